The van der Waals surface area contributed by atoms with E-state index in [1.54, 1.807) is 11.8 Å². The Kier molecular flexibility index (Phi) is 3.71. The molecule has 0 fully saturated rings. The number of nitrogen functional groups attached to an aromatic ring is 1. The highest BCUT2D eigenvalue weighted by atomic mass is 35.5. The first-order valence-corrected chi connectivity index (χ1v) is 6.39. The van der Waals surface area contributed by atoms with E-state index in [2.05, 4.69) is 9.97 Å². The van der Waals surface area contributed by atoms with Gasteiger partial charge in [-0.3, -0.25) is 0 Å². The maximum atomic E-state index is 5.75. The van der Waals surface area contributed by atoms with E-state index in [-0.39, 0.29) is 11.1 Å². The summed E-state index contributed by atoms with van der Waals surface area (Å²) < 4.78 is 5.51. The molecule has 88 valence electrons. The molecule has 0 aliphatic heterocycles. The lowest BCUT2D eigenvalue weighted by molar-refractivity contribution is 0.462. The van der Waals surface area contributed by atoms with Crippen molar-refractivity contribution in [3.05, 3.63) is 35.5 Å². The van der Waals surface area contributed by atoms with Gasteiger partial charge in [0, 0.05) is 11.0 Å². The average Bonchev–Trinajstić information content (AvgIpc) is 2.28. The highest BCUT2D eigenvalue weighted by Gasteiger charge is 2.03. The third kappa shape index (κ3) is 3.25. The van der Waals surface area contributed by atoms with Crippen LogP contribution >= 0.6 is 23.4 Å². The molecule has 1 heterocycles. The Hall–Kier alpha value is -1.46. The van der Waals surface area contributed by atoms with Crippen LogP contribution in [0.1, 0.15) is 0 Å². The highest BCUT2D eigenvalue weighted by Crippen LogP contribution is 2.24. The van der Waals surface area contributed by atoms with Crippen LogP contribution in [-0.4, -0.2) is 16.2 Å². The van der Waals surface area contributed by atoms with Crippen LogP contribution in [0.15, 0.2) is 35.2 Å². The van der Waals surface area contributed by atoms with E-state index in [9.17, 15) is 0 Å². The van der Waals surface area contributed by atoms with Gasteiger partial charge in [0.2, 0.25) is 11.8 Å². The minimum Gasteiger partial charge on any atom is -0.439 e. The topological polar surface area (TPSA) is 61.0 Å². The van der Waals surface area contributed by atoms with Gasteiger partial charge in [-0.15, -0.1) is 11.8 Å². The van der Waals surface area contributed by atoms with Crippen LogP contribution in [0.25, 0.3) is 0 Å². The Bertz CT molecular complexity index is 498. The van der Waals surface area contributed by atoms with Gasteiger partial charge < -0.3 is 10.5 Å². The lowest BCUT2D eigenvalue weighted by Crippen LogP contribution is -1.97. The van der Waals surface area contributed by atoms with Crippen LogP contribution in [0, 0.1) is 0 Å². The summed E-state index contributed by atoms with van der Waals surface area (Å²) in [6.07, 6.45) is 2.01. The first-order chi connectivity index (χ1) is 8.17. The van der Waals surface area contributed by atoms with Gasteiger partial charge in [0.15, 0.2) is 0 Å². The number of thioether (sulfide) groups is 1. The summed E-state index contributed by atoms with van der Waals surface area (Å²) in [4.78, 5) is 8.84. The van der Waals surface area contributed by atoms with E-state index >= 15 is 0 Å². The van der Waals surface area contributed by atoms with Crippen molar-refractivity contribution in [1.29, 1.82) is 0 Å². The maximum Gasteiger partial charge on any atom is 0.225 e. The number of anilines is 1. The van der Waals surface area contributed by atoms with Crippen LogP contribution in [0.3, 0.4) is 0 Å². The summed E-state index contributed by atoms with van der Waals surface area (Å²) >= 11 is 7.42. The Morgan fingerprint density at radius 2 is 1.94 bits per heavy atom. The molecule has 0 unspecified atom stereocenters. The lowest BCUT2D eigenvalue weighted by atomic mass is 10.3. The van der Waals surface area contributed by atoms with Gasteiger partial charge in [-0.25, -0.2) is 4.98 Å². The number of aromatic nitrogens is 2. The van der Waals surface area contributed by atoms with Gasteiger partial charge in [0.05, 0.1) is 0 Å². The normalized spacial score (nSPS) is 10.2. The fourth-order valence-corrected chi connectivity index (χ4v) is 1.82. The summed E-state index contributed by atoms with van der Waals surface area (Å²) in [6, 6.07) is 9.16. The average molecular weight is 268 g/mol. The van der Waals surface area contributed by atoms with Crippen LogP contribution < -0.4 is 10.5 Å². The van der Waals surface area contributed by atoms with E-state index in [4.69, 9.17) is 22.1 Å². The molecule has 0 spiro atoms. The molecule has 1 aromatic carbocycles. The fourth-order valence-electron chi connectivity index (χ4n) is 1.23. The molecule has 0 amide bonds. The molecular weight excluding hydrogens is 258 g/mol. The molecule has 0 aliphatic rings. The third-order valence-electron chi connectivity index (χ3n) is 1.97. The molecule has 2 rings (SSSR count). The SMILES string of the molecule is CSc1ccc(Oc2cc(Cl)nc(N)n2)cc1. The minimum atomic E-state index is 0.0910. The number of benzene rings is 1. The van der Waals surface area contributed by atoms with Crippen LogP contribution in [0.2, 0.25) is 5.15 Å². The van der Waals surface area contributed by atoms with E-state index in [0.29, 0.717) is 11.6 Å². The van der Waals surface area contributed by atoms with Gasteiger partial charge in [0.25, 0.3) is 0 Å². The summed E-state index contributed by atoms with van der Waals surface area (Å²) in [5, 5.41) is 0.258. The molecule has 2 aromatic rings. The number of rotatable bonds is 3. The van der Waals surface area contributed by atoms with Crippen molar-refractivity contribution in [3.8, 4) is 11.6 Å². The minimum absolute atomic E-state index is 0.0910. The standard InChI is InChI=1S/C11H10ClN3OS/c1-17-8-4-2-7(3-5-8)16-10-6-9(12)14-11(13)15-10/h2-6H,1H3,(H2,13,14,15). The third-order valence-corrected chi connectivity index (χ3v) is 2.91. The van der Waals surface area contributed by atoms with Gasteiger partial charge in [0.1, 0.15) is 10.9 Å². The Balaban J connectivity index is 2.19. The number of hydrogen-bond donors (Lipinski definition) is 1. The van der Waals surface area contributed by atoms with Crippen molar-refractivity contribution in [1.82, 2.24) is 9.97 Å². The Labute approximate surface area is 108 Å². The highest BCUT2D eigenvalue weighted by molar-refractivity contribution is 7.98. The van der Waals surface area contributed by atoms with Crippen molar-refractivity contribution in [2.75, 3.05) is 12.0 Å². The molecular formula is C11H10ClN3OS. The van der Waals surface area contributed by atoms with Gasteiger partial charge >= 0.3 is 0 Å². The van der Waals surface area contributed by atoms with Gasteiger partial charge in [-0.05, 0) is 30.5 Å². The Morgan fingerprint density at radius 3 is 2.53 bits per heavy atom. The molecule has 0 aliphatic carbocycles. The number of nitrogens with zero attached hydrogens (tertiary/aromatic N) is 2. The molecule has 4 nitrogen and oxygen atoms in total. The van der Waals surface area contributed by atoms with Crippen molar-refractivity contribution in [2.45, 2.75) is 4.90 Å². The first kappa shape index (κ1) is 12.0. The number of halogens is 1. The van der Waals surface area contributed by atoms with E-state index < -0.39 is 0 Å². The van der Waals surface area contributed by atoms with Crippen LogP contribution in [0.5, 0.6) is 11.6 Å². The van der Waals surface area contributed by atoms with E-state index in [1.807, 2.05) is 30.5 Å². The largest absolute Gasteiger partial charge is 0.439 e. The monoisotopic (exact) mass is 267 g/mol. The second-order valence-corrected chi connectivity index (χ2v) is 4.43. The zero-order valence-corrected chi connectivity index (χ0v) is 10.6. The van der Waals surface area contributed by atoms with Crippen molar-refractivity contribution in [2.24, 2.45) is 0 Å². The van der Waals surface area contributed by atoms with Crippen molar-refractivity contribution in [3.63, 3.8) is 0 Å². The van der Waals surface area contributed by atoms with Gasteiger partial charge in [-0.1, -0.05) is 11.6 Å². The maximum absolute atomic E-state index is 5.75. The van der Waals surface area contributed by atoms with Crippen molar-refractivity contribution < 1.29 is 4.74 Å². The molecule has 0 saturated heterocycles. The molecule has 1 aromatic heterocycles. The zero-order valence-electron chi connectivity index (χ0n) is 9.05. The fraction of sp³-hybridized carbons (Fsp3) is 0.0909. The molecule has 0 radical (unpaired) electrons. The van der Waals surface area contributed by atoms with E-state index in [0.717, 1.165) is 4.90 Å². The molecule has 0 saturated carbocycles. The number of ether oxygens (including phenoxy) is 1. The quantitative estimate of drug-likeness (QED) is 0.683. The van der Waals surface area contributed by atoms with E-state index in [1.165, 1.54) is 6.07 Å². The molecule has 2 N–H and O–H groups in total. The van der Waals surface area contributed by atoms with Crippen LogP contribution in [-0.2, 0) is 0 Å². The predicted octanol–water partition coefficient (Wildman–Crippen LogP) is 3.23. The molecule has 6 heteroatoms. The smallest absolute Gasteiger partial charge is 0.225 e. The number of nitrogens with two attached hydrogens (primary N) is 1. The zero-order chi connectivity index (χ0) is 12.3. The summed E-state index contributed by atoms with van der Waals surface area (Å²) in [6.45, 7) is 0. The second kappa shape index (κ2) is 5.25. The summed E-state index contributed by atoms with van der Waals surface area (Å²) in [5.74, 6) is 1.10. The Morgan fingerprint density at radius 1 is 1.24 bits per heavy atom. The number of hydrogen-bond acceptors (Lipinski definition) is 5. The first-order valence-electron chi connectivity index (χ1n) is 4.79. The van der Waals surface area contributed by atoms with Crippen molar-refractivity contribution >= 4 is 29.3 Å². The molecule has 0 bridgehead atoms. The molecule has 17 heavy (non-hydrogen) atoms. The van der Waals surface area contributed by atoms with Crippen LogP contribution in [0.4, 0.5) is 5.95 Å². The predicted molar refractivity (Wildman–Crippen MR) is 69.8 cm³/mol. The molecule has 0 atom stereocenters. The summed E-state index contributed by atoms with van der Waals surface area (Å²) in [5.41, 5.74) is 5.47. The summed E-state index contributed by atoms with van der Waals surface area (Å²) in [7, 11) is 0. The second-order valence-electron chi connectivity index (χ2n) is 3.16. The van der Waals surface area contributed by atoms with Gasteiger partial charge in [-0.2, -0.15) is 4.98 Å². The lowest BCUT2D eigenvalue weighted by Gasteiger charge is -2.05.